The second-order valence-electron chi connectivity index (χ2n) is 11.4. The van der Waals surface area contributed by atoms with Gasteiger partial charge in [-0.3, -0.25) is 0 Å². The molecule has 0 fully saturated rings. The van der Waals surface area contributed by atoms with E-state index >= 15 is 0 Å². The Hall–Kier alpha value is -4.62. The van der Waals surface area contributed by atoms with Gasteiger partial charge in [-0.1, -0.05) is 129 Å². The Labute approximate surface area is 237 Å². The molecule has 2 aliphatic carbocycles. The van der Waals surface area contributed by atoms with Crippen LogP contribution in [0, 0.1) is 0 Å². The number of rotatable bonds is 5. The van der Waals surface area contributed by atoms with Crippen molar-refractivity contribution in [2.75, 3.05) is 4.90 Å². The highest BCUT2D eigenvalue weighted by molar-refractivity contribution is 5.91. The second kappa shape index (κ2) is 9.84. The van der Waals surface area contributed by atoms with Crippen LogP contribution in [0.3, 0.4) is 0 Å². The number of allylic oxidation sites excluding steroid dienone is 4. The lowest BCUT2D eigenvalue weighted by atomic mass is 9.81. The Kier molecular flexibility index (Phi) is 6.01. The Morgan fingerprint density at radius 1 is 0.625 bits per heavy atom. The van der Waals surface area contributed by atoms with Crippen molar-refractivity contribution in [3.63, 3.8) is 0 Å². The lowest BCUT2D eigenvalue weighted by molar-refractivity contribution is 0.661. The van der Waals surface area contributed by atoms with Crippen LogP contribution in [0.4, 0.5) is 17.1 Å². The van der Waals surface area contributed by atoms with Crippen molar-refractivity contribution >= 4 is 17.1 Å². The van der Waals surface area contributed by atoms with E-state index in [2.05, 4.69) is 164 Å². The largest absolute Gasteiger partial charge is 0.310 e. The van der Waals surface area contributed by atoms with E-state index < -0.39 is 0 Å². The average molecular weight is 516 g/mol. The minimum atomic E-state index is -0.114. The van der Waals surface area contributed by atoms with Crippen molar-refractivity contribution < 1.29 is 0 Å². The van der Waals surface area contributed by atoms with Gasteiger partial charge >= 0.3 is 0 Å². The summed E-state index contributed by atoms with van der Waals surface area (Å²) >= 11 is 0. The number of fused-ring (bicyclic) bond motifs is 3. The summed E-state index contributed by atoms with van der Waals surface area (Å²) in [6.45, 7) is 4.73. The van der Waals surface area contributed by atoms with E-state index in [1.54, 1.807) is 0 Å². The third-order valence-corrected chi connectivity index (χ3v) is 8.57. The normalized spacial score (nSPS) is 16.4. The summed E-state index contributed by atoms with van der Waals surface area (Å²) in [6.07, 6.45) is 9.92. The zero-order chi connectivity index (χ0) is 27.1. The van der Waals surface area contributed by atoms with Crippen LogP contribution in [0.5, 0.6) is 0 Å². The van der Waals surface area contributed by atoms with E-state index in [1.807, 2.05) is 0 Å². The Morgan fingerprint density at radius 2 is 1.35 bits per heavy atom. The molecular formula is C39H33N. The van der Waals surface area contributed by atoms with Gasteiger partial charge in [-0.05, 0) is 75.7 Å². The molecule has 0 amide bonds. The molecule has 0 bridgehead atoms. The van der Waals surface area contributed by atoms with Gasteiger partial charge in [-0.25, -0.2) is 0 Å². The minimum absolute atomic E-state index is 0.114. The van der Waals surface area contributed by atoms with E-state index in [-0.39, 0.29) is 5.41 Å². The molecule has 0 saturated carbocycles. The van der Waals surface area contributed by atoms with Crippen molar-refractivity contribution in [1.82, 2.24) is 0 Å². The molecule has 1 nitrogen and oxygen atoms in total. The lowest BCUT2D eigenvalue weighted by Crippen LogP contribution is -2.20. The molecule has 0 aliphatic heterocycles. The quantitative estimate of drug-likeness (QED) is 0.225. The fourth-order valence-corrected chi connectivity index (χ4v) is 6.59. The average Bonchev–Trinajstić information content (AvgIpc) is 3.26. The predicted octanol–water partition coefficient (Wildman–Crippen LogP) is 10.7. The van der Waals surface area contributed by atoms with Gasteiger partial charge in [0.25, 0.3) is 0 Å². The van der Waals surface area contributed by atoms with Gasteiger partial charge in [0.1, 0.15) is 0 Å². The summed E-state index contributed by atoms with van der Waals surface area (Å²) < 4.78 is 0. The van der Waals surface area contributed by atoms with Crippen molar-refractivity contribution in [3.8, 4) is 22.3 Å². The number of benzene rings is 5. The molecule has 40 heavy (non-hydrogen) atoms. The minimum Gasteiger partial charge on any atom is -0.310 e. The molecule has 7 rings (SSSR count). The first-order chi connectivity index (χ1) is 19.6. The maximum absolute atomic E-state index is 2.46. The van der Waals surface area contributed by atoms with Gasteiger partial charge < -0.3 is 4.90 Å². The number of hydrogen-bond acceptors (Lipinski definition) is 1. The van der Waals surface area contributed by atoms with Crippen molar-refractivity contribution in [1.29, 1.82) is 0 Å². The summed E-state index contributed by atoms with van der Waals surface area (Å²) in [4.78, 5) is 2.46. The Balaban J connectivity index is 1.41. The summed E-state index contributed by atoms with van der Waals surface area (Å²) in [5.41, 5.74) is 12.7. The second-order valence-corrected chi connectivity index (χ2v) is 11.4. The molecule has 0 radical (unpaired) electrons. The van der Waals surface area contributed by atoms with Crippen LogP contribution < -0.4 is 4.90 Å². The van der Waals surface area contributed by atoms with E-state index in [0.717, 1.165) is 12.1 Å². The van der Waals surface area contributed by atoms with Gasteiger partial charge in [0, 0.05) is 22.7 Å². The molecule has 194 valence electrons. The molecule has 0 spiro atoms. The van der Waals surface area contributed by atoms with Crippen LogP contribution in [-0.4, -0.2) is 0 Å². The molecule has 5 aromatic carbocycles. The fraction of sp³-hybridized carbons (Fsp3) is 0.128. The van der Waals surface area contributed by atoms with Crippen molar-refractivity contribution in [2.45, 2.75) is 31.6 Å². The zero-order valence-corrected chi connectivity index (χ0v) is 23.1. The van der Waals surface area contributed by atoms with Crippen LogP contribution in [0.25, 0.3) is 22.3 Å². The molecule has 0 saturated heterocycles. The Bertz CT molecular complexity index is 1740. The standard InChI is InChI=1S/C39H33N/c1-39(2)36-21-10-9-19-34(36)35-20-12-22-37(38(35)39)40(32-25-23-30(24-26-32)28-13-5-3-6-14-28)33-18-11-17-31(27-33)29-15-7-4-8-16-29/h3-13,15-28H,14H2,1-2H3. The number of anilines is 3. The van der Waals surface area contributed by atoms with Crippen LogP contribution in [-0.2, 0) is 5.41 Å². The van der Waals surface area contributed by atoms with Crippen LogP contribution in [0.1, 0.15) is 42.9 Å². The van der Waals surface area contributed by atoms with Crippen molar-refractivity contribution in [2.24, 2.45) is 0 Å². The first-order valence-corrected chi connectivity index (χ1v) is 14.2. The van der Waals surface area contributed by atoms with Gasteiger partial charge in [0.05, 0.1) is 5.69 Å². The molecular weight excluding hydrogens is 482 g/mol. The molecule has 1 unspecified atom stereocenters. The molecule has 0 aromatic heterocycles. The smallest absolute Gasteiger partial charge is 0.0508 e. The summed E-state index contributed by atoms with van der Waals surface area (Å²) in [6, 6.07) is 44.5. The van der Waals surface area contributed by atoms with Crippen LogP contribution in [0.15, 0.2) is 146 Å². The van der Waals surface area contributed by atoms with Crippen molar-refractivity contribution in [3.05, 3.63) is 162 Å². The fourth-order valence-electron chi connectivity index (χ4n) is 6.59. The monoisotopic (exact) mass is 515 g/mol. The SMILES string of the molecule is CC1(C)c2ccccc2-c2cccc(N(c3ccc(C4C=CC=CC4)cc3)c3cccc(-c4ccccc4)c3)c21. The lowest BCUT2D eigenvalue weighted by Gasteiger charge is -2.32. The maximum Gasteiger partial charge on any atom is 0.0508 e. The van der Waals surface area contributed by atoms with Gasteiger partial charge in [-0.2, -0.15) is 0 Å². The first-order valence-electron chi connectivity index (χ1n) is 14.2. The Morgan fingerprint density at radius 3 is 2.15 bits per heavy atom. The topological polar surface area (TPSA) is 3.24 Å². The van der Waals surface area contributed by atoms with Crippen LogP contribution >= 0.6 is 0 Å². The third-order valence-electron chi connectivity index (χ3n) is 8.57. The predicted molar refractivity (Wildman–Crippen MR) is 170 cm³/mol. The number of hydrogen-bond donors (Lipinski definition) is 0. The molecule has 5 aromatic rings. The molecule has 0 heterocycles. The molecule has 2 aliphatic rings. The van der Waals surface area contributed by atoms with E-state index in [9.17, 15) is 0 Å². The highest BCUT2D eigenvalue weighted by Crippen LogP contribution is 2.54. The first kappa shape index (κ1) is 24.4. The van der Waals surface area contributed by atoms with E-state index in [0.29, 0.717) is 5.92 Å². The maximum atomic E-state index is 2.46. The van der Waals surface area contributed by atoms with Gasteiger partial charge in [0.15, 0.2) is 0 Å². The third kappa shape index (κ3) is 4.10. The summed E-state index contributed by atoms with van der Waals surface area (Å²) in [5.74, 6) is 0.434. The summed E-state index contributed by atoms with van der Waals surface area (Å²) in [7, 11) is 0. The van der Waals surface area contributed by atoms with Crippen LogP contribution in [0.2, 0.25) is 0 Å². The zero-order valence-electron chi connectivity index (χ0n) is 23.1. The van der Waals surface area contributed by atoms with E-state index in [1.165, 1.54) is 50.3 Å². The number of nitrogens with zero attached hydrogens (tertiary/aromatic N) is 1. The highest BCUT2D eigenvalue weighted by atomic mass is 15.1. The molecule has 1 heteroatoms. The molecule has 1 atom stereocenters. The van der Waals surface area contributed by atoms with Gasteiger partial charge in [-0.15, -0.1) is 0 Å². The highest BCUT2D eigenvalue weighted by Gasteiger charge is 2.38. The summed E-state index contributed by atoms with van der Waals surface area (Å²) in [5, 5.41) is 0. The van der Waals surface area contributed by atoms with E-state index in [4.69, 9.17) is 0 Å². The van der Waals surface area contributed by atoms with Gasteiger partial charge in [0.2, 0.25) is 0 Å². The molecule has 0 N–H and O–H groups in total.